The number of rotatable bonds is 8. The van der Waals surface area contributed by atoms with Crippen LogP contribution in [0.25, 0.3) is 11.1 Å². The molecule has 1 aliphatic heterocycles. The van der Waals surface area contributed by atoms with E-state index in [9.17, 15) is 14.7 Å². The normalized spacial score (nSPS) is 17.0. The maximum absolute atomic E-state index is 12.6. The predicted octanol–water partition coefficient (Wildman–Crippen LogP) is 6.50. The molecule has 194 valence electrons. The summed E-state index contributed by atoms with van der Waals surface area (Å²) in [5.74, 6) is -0.893. The molecule has 0 unspecified atom stereocenters. The predicted molar refractivity (Wildman–Crippen MR) is 151 cm³/mol. The first-order valence-electron chi connectivity index (χ1n) is 12.6. The van der Waals surface area contributed by atoms with Gasteiger partial charge in [-0.1, -0.05) is 29.8 Å². The summed E-state index contributed by atoms with van der Waals surface area (Å²) in [7, 11) is 4.03. The number of amides is 1. The molecule has 1 aliphatic rings. The van der Waals surface area contributed by atoms with Crippen molar-refractivity contribution in [3.8, 4) is 11.1 Å². The zero-order chi connectivity index (χ0) is 26.7. The molecule has 0 saturated heterocycles. The van der Waals surface area contributed by atoms with E-state index in [1.807, 2.05) is 67.5 Å². The summed E-state index contributed by atoms with van der Waals surface area (Å²) in [6.45, 7) is 4.56. The van der Waals surface area contributed by atoms with Gasteiger partial charge in [0.15, 0.2) is 0 Å². The molecule has 0 aromatic heterocycles. The van der Waals surface area contributed by atoms with E-state index in [2.05, 4.69) is 23.2 Å². The number of hydrogen-bond acceptors (Lipinski definition) is 4. The van der Waals surface area contributed by atoms with Crippen LogP contribution in [0, 0.1) is 0 Å². The highest BCUT2D eigenvalue weighted by atomic mass is 35.5. The number of benzene rings is 3. The molecule has 3 aromatic rings. The molecule has 0 fully saturated rings. The highest BCUT2D eigenvalue weighted by molar-refractivity contribution is 6.30. The molecule has 7 heteroatoms. The SMILES string of the molecule is CC(=O)N1c2ccc(-c3ccc(C(=O)O)c(CCCN(C)C)c3)cc2[C@H](Nc2ccc(Cl)cc2)C[C@@H]1C. The van der Waals surface area contributed by atoms with Gasteiger partial charge in [0.1, 0.15) is 0 Å². The van der Waals surface area contributed by atoms with E-state index < -0.39 is 5.97 Å². The minimum absolute atomic E-state index is 0.000389. The molecule has 1 amide bonds. The number of nitrogens with one attached hydrogen (secondary N) is 1. The Bertz CT molecular complexity index is 1290. The number of hydrogen-bond donors (Lipinski definition) is 2. The van der Waals surface area contributed by atoms with E-state index in [1.54, 1.807) is 13.0 Å². The fourth-order valence-electron chi connectivity index (χ4n) is 5.18. The molecule has 4 rings (SSSR count). The summed E-state index contributed by atoms with van der Waals surface area (Å²) in [5, 5.41) is 14.0. The lowest BCUT2D eigenvalue weighted by Crippen LogP contribution is -2.43. The Morgan fingerprint density at radius 2 is 1.73 bits per heavy atom. The third-order valence-electron chi connectivity index (χ3n) is 6.92. The third kappa shape index (κ3) is 6.14. The first-order valence-corrected chi connectivity index (χ1v) is 13.0. The van der Waals surface area contributed by atoms with Crippen LogP contribution in [-0.2, 0) is 11.2 Å². The Kier molecular flexibility index (Phi) is 8.20. The van der Waals surface area contributed by atoms with E-state index >= 15 is 0 Å². The molecular formula is C30H34ClN3O3. The van der Waals surface area contributed by atoms with Crippen molar-refractivity contribution in [1.29, 1.82) is 0 Å². The van der Waals surface area contributed by atoms with Crippen molar-refractivity contribution in [3.63, 3.8) is 0 Å². The first kappa shape index (κ1) is 26.7. The third-order valence-corrected chi connectivity index (χ3v) is 7.18. The van der Waals surface area contributed by atoms with Gasteiger partial charge in [-0.05, 0) is 112 Å². The van der Waals surface area contributed by atoms with Crippen LogP contribution < -0.4 is 10.2 Å². The Balaban J connectivity index is 1.73. The molecule has 3 aromatic carbocycles. The zero-order valence-corrected chi connectivity index (χ0v) is 22.5. The number of anilines is 2. The Hall–Kier alpha value is -3.35. The monoisotopic (exact) mass is 519 g/mol. The van der Waals surface area contributed by atoms with Crippen LogP contribution in [-0.4, -0.2) is 48.6 Å². The van der Waals surface area contributed by atoms with E-state index in [-0.39, 0.29) is 18.0 Å². The lowest BCUT2D eigenvalue weighted by atomic mass is 9.88. The van der Waals surface area contributed by atoms with Gasteiger partial charge in [-0.15, -0.1) is 0 Å². The van der Waals surface area contributed by atoms with Crippen molar-refractivity contribution in [2.75, 3.05) is 30.9 Å². The topological polar surface area (TPSA) is 72.9 Å². The highest BCUT2D eigenvalue weighted by Crippen LogP contribution is 2.41. The van der Waals surface area contributed by atoms with Crippen molar-refractivity contribution in [3.05, 3.63) is 82.4 Å². The zero-order valence-electron chi connectivity index (χ0n) is 21.8. The molecule has 6 nitrogen and oxygen atoms in total. The minimum Gasteiger partial charge on any atom is -0.478 e. The number of carbonyl (C=O) groups excluding carboxylic acids is 1. The second kappa shape index (κ2) is 11.4. The number of carboxylic acids is 1. The summed E-state index contributed by atoms with van der Waals surface area (Å²) in [4.78, 5) is 28.4. The van der Waals surface area contributed by atoms with Crippen LogP contribution >= 0.6 is 11.6 Å². The van der Waals surface area contributed by atoms with Crippen molar-refractivity contribution >= 4 is 34.9 Å². The smallest absolute Gasteiger partial charge is 0.335 e. The van der Waals surface area contributed by atoms with Gasteiger partial charge in [0, 0.05) is 29.4 Å². The van der Waals surface area contributed by atoms with Crippen LogP contribution in [0.5, 0.6) is 0 Å². The Morgan fingerprint density at radius 1 is 1.05 bits per heavy atom. The highest BCUT2D eigenvalue weighted by Gasteiger charge is 2.32. The quantitative estimate of drug-likeness (QED) is 0.355. The molecular weight excluding hydrogens is 486 g/mol. The van der Waals surface area contributed by atoms with Crippen LogP contribution in [0.2, 0.25) is 5.02 Å². The van der Waals surface area contributed by atoms with Gasteiger partial charge >= 0.3 is 5.97 Å². The molecule has 2 atom stereocenters. The summed E-state index contributed by atoms with van der Waals surface area (Å²) in [6.07, 6.45) is 2.32. The van der Waals surface area contributed by atoms with Gasteiger partial charge in [0.2, 0.25) is 5.91 Å². The number of halogens is 1. The number of carboxylic acid groups (broad SMARTS) is 1. The van der Waals surface area contributed by atoms with E-state index in [4.69, 9.17) is 11.6 Å². The van der Waals surface area contributed by atoms with Crippen molar-refractivity contribution in [2.24, 2.45) is 0 Å². The first-order chi connectivity index (χ1) is 17.6. The molecule has 1 heterocycles. The summed E-state index contributed by atoms with van der Waals surface area (Å²) < 4.78 is 0. The summed E-state index contributed by atoms with van der Waals surface area (Å²) in [5.41, 5.74) is 6.03. The number of aromatic carboxylic acids is 1. The minimum atomic E-state index is -0.907. The van der Waals surface area contributed by atoms with Crippen LogP contribution in [0.3, 0.4) is 0 Å². The van der Waals surface area contributed by atoms with E-state index in [1.165, 1.54) is 0 Å². The van der Waals surface area contributed by atoms with Gasteiger partial charge < -0.3 is 20.2 Å². The second-order valence-electron chi connectivity index (χ2n) is 10.0. The second-order valence-corrected chi connectivity index (χ2v) is 10.5. The van der Waals surface area contributed by atoms with E-state index in [0.717, 1.165) is 53.0 Å². The van der Waals surface area contributed by atoms with Crippen LogP contribution in [0.15, 0.2) is 60.7 Å². The number of nitrogens with zero attached hydrogens (tertiary/aromatic N) is 2. The van der Waals surface area contributed by atoms with Gasteiger partial charge in [0.25, 0.3) is 0 Å². The fourth-order valence-corrected chi connectivity index (χ4v) is 5.31. The lowest BCUT2D eigenvalue weighted by Gasteiger charge is -2.39. The van der Waals surface area contributed by atoms with Gasteiger partial charge in [-0.25, -0.2) is 4.79 Å². The van der Waals surface area contributed by atoms with Gasteiger partial charge in [-0.2, -0.15) is 0 Å². The molecule has 0 spiro atoms. The molecule has 0 bridgehead atoms. The van der Waals surface area contributed by atoms with Crippen molar-refractivity contribution in [2.45, 2.75) is 45.2 Å². The number of carbonyl (C=O) groups is 2. The van der Waals surface area contributed by atoms with Gasteiger partial charge in [-0.3, -0.25) is 4.79 Å². The number of aryl methyl sites for hydroxylation is 1. The molecule has 2 N–H and O–H groups in total. The fraction of sp³-hybridized carbons (Fsp3) is 0.333. The average Bonchev–Trinajstić information content (AvgIpc) is 2.84. The van der Waals surface area contributed by atoms with Crippen LogP contribution in [0.4, 0.5) is 11.4 Å². The maximum Gasteiger partial charge on any atom is 0.335 e. The molecule has 0 radical (unpaired) electrons. The van der Waals surface area contributed by atoms with Gasteiger partial charge in [0.05, 0.1) is 11.6 Å². The lowest BCUT2D eigenvalue weighted by molar-refractivity contribution is -0.117. The van der Waals surface area contributed by atoms with Crippen LogP contribution in [0.1, 0.15) is 54.2 Å². The Morgan fingerprint density at radius 3 is 2.38 bits per heavy atom. The van der Waals surface area contributed by atoms with Crippen molar-refractivity contribution in [1.82, 2.24) is 4.90 Å². The molecule has 0 aliphatic carbocycles. The largest absolute Gasteiger partial charge is 0.478 e. The molecule has 0 saturated carbocycles. The van der Waals surface area contributed by atoms with Crippen molar-refractivity contribution < 1.29 is 14.7 Å². The number of fused-ring (bicyclic) bond motifs is 1. The molecule has 37 heavy (non-hydrogen) atoms. The van der Waals surface area contributed by atoms with E-state index in [0.29, 0.717) is 17.0 Å². The Labute approximate surface area is 223 Å². The average molecular weight is 520 g/mol. The maximum atomic E-state index is 12.6. The standard InChI is InChI=1S/C30H34ClN3O3/c1-19-16-28(32-25-11-9-24(31)10-12-25)27-18-22(8-14-29(27)34(19)20(2)35)21-7-13-26(30(36)37)23(17-21)6-5-15-33(3)4/h7-14,17-19,28,32H,5-6,15-16H2,1-4H3,(H,36,37)/t19-,28+/m0/s1. The summed E-state index contributed by atoms with van der Waals surface area (Å²) >= 11 is 6.08. The summed E-state index contributed by atoms with van der Waals surface area (Å²) in [6, 6.07) is 19.4.